The van der Waals surface area contributed by atoms with Crippen LogP contribution in [-0.4, -0.2) is 42.1 Å². The summed E-state index contributed by atoms with van der Waals surface area (Å²) in [4.78, 5) is 20.0. The highest BCUT2D eigenvalue weighted by Crippen LogP contribution is 2.59. The normalized spacial score (nSPS) is 17.2. The number of aryl methyl sites for hydroxylation is 2. The van der Waals surface area contributed by atoms with Crippen molar-refractivity contribution in [1.82, 2.24) is 9.97 Å². The van der Waals surface area contributed by atoms with E-state index in [2.05, 4.69) is 14.7 Å². The van der Waals surface area contributed by atoms with Crippen molar-refractivity contribution < 1.29 is 23.1 Å². The van der Waals surface area contributed by atoms with Crippen LogP contribution in [0, 0.1) is 25.2 Å². The summed E-state index contributed by atoms with van der Waals surface area (Å²) in [6.07, 6.45) is 7.42. The highest BCUT2D eigenvalue weighted by molar-refractivity contribution is 7.92. The predicted molar refractivity (Wildman–Crippen MR) is 148 cm³/mol. The van der Waals surface area contributed by atoms with Crippen molar-refractivity contribution in [3.8, 4) is 17.1 Å². The molecule has 0 amide bonds. The van der Waals surface area contributed by atoms with E-state index in [0.29, 0.717) is 17.0 Å². The molecule has 206 valence electrons. The van der Waals surface area contributed by atoms with Gasteiger partial charge in [-0.25, -0.2) is 22.9 Å². The van der Waals surface area contributed by atoms with Crippen molar-refractivity contribution in [2.24, 2.45) is 17.1 Å². The van der Waals surface area contributed by atoms with Gasteiger partial charge in [-0.3, -0.25) is 0 Å². The Balaban J connectivity index is 1.38. The average molecular weight is 551 g/mol. The molecule has 1 heterocycles. The lowest BCUT2D eigenvalue weighted by molar-refractivity contribution is -0.0314. The Morgan fingerprint density at radius 3 is 2.46 bits per heavy atom. The van der Waals surface area contributed by atoms with Gasteiger partial charge in [0.2, 0.25) is 11.8 Å². The molecular weight excluding hydrogens is 516 g/mol. The molecule has 1 aromatic heterocycles. The van der Waals surface area contributed by atoms with Crippen molar-refractivity contribution in [1.29, 1.82) is 0 Å². The monoisotopic (exact) mass is 550 g/mol. The Hall–Kier alpha value is -3.50. The third kappa shape index (κ3) is 5.91. The summed E-state index contributed by atoms with van der Waals surface area (Å²) in [5, 5.41) is 9.27. The molecule has 3 aromatic rings. The number of carboxylic acids is 1. The summed E-state index contributed by atoms with van der Waals surface area (Å²) < 4.78 is 34.7. The van der Waals surface area contributed by atoms with Crippen molar-refractivity contribution in [3.63, 3.8) is 0 Å². The van der Waals surface area contributed by atoms with E-state index in [1.807, 2.05) is 32.0 Å². The van der Waals surface area contributed by atoms with Crippen LogP contribution in [0.3, 0.4) is 0 Å². The molecule has 2 aliphatic carbocycles. The maximum Gasteiger partial charge on any atom is 0.335 e. The summed E-state index contributed by atoms with van der Waals surface area (Å²) in [6, 6.07) is 12.5. The van der Waals surface area contributed by atoms with Crippen LogP contribution in [0.5, 0.6) is 5.88 Å². The maximum absolute atomic E-state index is 13.1. The standard InChI is InChI=1S/C29H34N4O5S/c1-18-6-3-7-19(2)26(18)24-14-25(38-17-22(30)12-20-15-29(16-20)10-5-11-29)32-28(31-24)33-39(36,37)23-9-4-8-21(13-23)27(34)35/h3-4,6-9,13-14,20,22H,5,10-12,15-17,30H2,1-2H3,(H,34,35)(H,31,32,33). The third-order valence-electron chi connectivity index (χ3n) is 8.00. The van der Waals surface area contributed by atoms with E-state index in [1.54, 1.807) is 6.07 Å². The molecule has 1 spiro atoms. The van der Waals surface area contributed by atoms with E-state index in [1.165, 1.54) is 50.3 Å². The number of aromatic nitrogens is 2. The number of sulfonamides is 1. The van der Waals surface area contributed by atoms with Crippen LogP contribution in [-0.2, 0) is 10.0 Å². The molecular formula is C29H34N4O5S. The zero-order chi connectivity index (χ0) is 27.8. The number of nitrogens with zero attached hydrogens (tertiary/aromatic N) is 2. The first kappa shape index (κ1) is 27.1. The largest absolute Gasteiger partial charge is 0.478 e. The Morgan fingerprint density at radius 1 is 1.13 bits per heavy atom. The van der Waals surface area contributed by atoms with E-state index in [4.69, 9.17) is 10.5 Å². The number of rotatable bonds is 10. The molecule has 0 aliphatic heterocycles. The van der Waals surface area contributed by atoms with E-state index < -0.39 is 16.0 Å². The van der Waals surface area contributed by atoms with Crippen molar-refractivity contribution >= 4 is 21.9 Å². The lowest BCUT2D eigenvalue weighted by Crippen LogP contribution is -2.45. The number of nitrogens with two attached hydrogens (primary N) is 1. The number of aromatic carboxylic acids is 1. The quantitative estimate of drug-likeness (QED) is 0.322. The summed E-state index contributed by atoms with van der Waals surface area (Å²) in [7, 11) is -4.17. The van der Waals surface area contributed by atoms with Crippen LogP contribution in [0.25, 0.3) is 11.3 Å². The van der Waals surface area contributed by atoms with Gasteiger partial charge in [-0.1, -0.05) is 30.7 Å². The van der Waals surface area contributed by atoms with Crippen molar-refractivity contribution in [2.45, 2.75) is 63.3 Å². The van der Waals surface area contributed by atoms with Gasteiger partial charge in [0.1, 0.15) is 6.61 Å². The lowest BCUT2D eigenvalue weighted by atomic mass is 9.51. The molecule has 0 saturated heterocycles. The summed E-state index contributed by atoms with van der Waals surface area (Å²) in [5.41, 5.74) is 10.1. The minimum Gasteiger partial charge on any atom is -0.478 e. The Bertz CT molecular complexity index is 1480. The van der Waals surface area contributed by atoms with Gasteiger partial charge in [0.25, 0.3) is 10.0 Å². The Kier molecular flexibility index (Phi) is 7.35. The van der Waals surface area contributed by atoms with Crippen LogP contribution in [0.15, 0.2) is 53.4 Å². The van der Waals surface area contributed by atoms with Gasteiger partial charge in [-0.15, -0.1) is 0 Å². The number of hydrogen-bond acceptors (Lipinski definition) is 7. The molecule has 39 heavy (non-hydrogen) atoms. The molecule has 0 radical (unpaired) electrons. The first-order chi connectivity index (χ1) is 18.5. The fourth-order valence-electron chi connectivity index (χ4n) is 5.97. The fourth-order valence-corrected chi connectivity index (χ4v) is 6.96. The van der Waals surface area contributed by atoms with Crippen LogP contribution < -0.4 is 15.2 Å². The van der Waals surface area contributed by atoms with E-state index >= 15 is 0 Å². The Morgan fingerprint density at radius 2 is 1.82 bits per heavy atom. The molecule has 1 atom stereocenters. The van der Waals surface area contributed by atoms with Gasteiger partial charge in [0.15, 0.2) is 0 Å². The topological polar surface area (TPSA) is 144 Å². The molecule has 2 aromatic carbocycles. The molecule has 9 nitrogen and oxygen atoms in total. The van der Waals surface area contributed by atoms with Gasteiger partial charge in [0, 0.05) is 17.7 Å². The van der Waals surface area contributed by atoms with Crippen LogP contribution in [0.2, 0.25) is 0 Å². The number of carboxylic acid groups (broad SMARTS) is 1. The average Bonchev–Trinajstić information content (AvgIpc) is 2.83. The zero-order valence-corrected chi connectivity index (χ0v) is 23.0. The second-order valence-corrected chi connectivity index (χ2v) is 12.7. The molecule has 2 fully saturated rings. The van der Waals surface area contributed by atoms with Gasteiger partial charge >= 0.3 is 5.97 Å². The van der Waals surface area contributed by atoms with Gasteiger partial charge < -0.3 is 15.6 Å². The van der Waals surface area contributed by atoms with E-state index in [0.717, 1.165) is 29.2 Å². The van der Waals surface area contributed by atoms with Gasteiger partial charge in [0.05, 0.1) is 16.2 Å². The minimum absolute atomic E-state index is 0.143. The fraction of sp³-hybridized carbons (Fsp3) is 0.414. The number of anilines is 1. The minimum atomic E-state index is -4.17. The number of carbonyl (C=O) groups is 1. The number of benzene rings is 2. The smallest absolute Gasteiger partial charge is 0.335 e. The second kappa shape index (κ2) is 10.6. The zero-order valence-electron chi connectivity index (χ0n) is 22.2. The summed E-state index contributed by atoms with van der Waals surface area (Å²) >= 11 is 0. The first-order valence-electron chi connectivity index (χ1n) is 13.2. The van der Waals surface area contributed by atoms with Crippen LogP contribution in [0.1, 0.15) is 60.0 Å². The van der Waals surface area contributed by atoms with Crippen LogP contribution >= 0.6 is 0 Å². The summed E-state index contributed by atoms with van der Waals surface area (Å²) in [6.45, 7) is 4.16. The highest BCUT2D eigenvalue weighted by atomic mass is 32.2. The molecule has 5 rings (SSSR count). The second-order valence-electron chi connectivity index (χ2n) is 11.1. The molecule has 0 bridgehead atoms. The van der Waals surface area contributed by atoms with Gasteiger partial charge in [-0.2, -0.15) is 4.98 Å². The van der Waals surface area contributed by atoms with Gasteiger partial charge in [-0.05, 0) is 86.6 Å². The van der Waals surface area contributed by atoms with Crippen molar-refractivity contribution in [2.75, 3.05) is 11.3 Å². The Labute approximate surface area is 228 Å². The van der Waals surface area contributed by atoms with Crippen LogP contribution in [0.4, 0.5) is 5.95 Å². The first-order valence-corrected chi connectivity index (χ1v) is 14.7. The molecule has 10 heteroatoms. The number of ether oxygens (including phenoxy) is 1. The predicted octanol–water partition coefficient (Wildman–Crippen LogP) is 4.94. The lowest BCUT2D eigenvalue weighted by Gasteiger charge is -2.55. The van der Waals surface area contributed by atoms with Crippen molar-refractivity contribution in [3.05, 3.63) is 65.2 Å². The SMILES string of the molecule is Cc1cccc(C)c1-c1cc(OCC(N)CC2CC3(CCC3)C2)nc(NS(=O)(=O)c2cccc(C(=O)O)c2)n1. The molecule has 2 saturated carbocycles. The highest BCUT2D eigenvalue weighted by Gasteiger charge is 2.47. The summed E-state index contributed by atoms with van der Waals surface area (Å²) in [5.74, 6) is -0.565. The molecule has 4 N–H and O–H groups in total. The molecule has 1 unspecified atom stereocenters. The maximum atomic E-state index is 13.1. The molecule has 2 aliphatic rings. The van der Waals surface area contributed by atoms with E-state index in [-0.39, 0.29) is 34.9 Å². The third-order valence-corrected chi connectivity index (χ3v) is 9.32. The number of hydrogen-bond donors (Lipinski definition) is 3. The number of nitrogens with one attached hydrogen (secondary N) is 1. The van der Waals surface area contributed by atoms with E-state index in [9.17, 15) is 18.3 Å².